The Morgan fingerprint density at radius 1 is 0.565 bits per heavy atom. The lowest BCUT2D eigenvalue weighted by molar-refractivity contribution is -0.873. The largest absolute Gasteiger partial charge is 0.756 e. The molecule has 12 heteroatoms. The first kappa shape index (κ1) is 48.3. The molecular formula is C34H76N2O8P2. The molecule has 1 N–H and O–H groups in total. The van der Waals surface area contributed by atoms with Crippen LogP contribution in [0.25, 0.3) is 0 Å². The number of likely N-dealkylation sites (N-methyl/N-ethyl adjacent to an activating group) is 2. The van der Waals surface area contributed by atoms with Gasteiger partial charge >= 0.3 is 0 Å². The van der Waals surface area contributed by atoms with E-state index >= 15 is 0 Å². The Morgan fingerprint density at radius 2 is 0.935 bits per heavy atom. The zero-order valence-corrected chi connectivity index (χ0v) is 33.1. The van der Waals surface area contributed by atoms with Crippen LogP contribution < -0.4 is 9.79 Å². The van der Waals surface area contributed by atoms with Crippen LogP contribution in [0.2, 0.25) is 0 Å². The third kappa shape index (κ3) is 42.2. The molecule has 0 saturated heterocycles. The summed E-state index contributed by atoms with van der Waals surface area (Å²) < 4.78 is 38.4. The number of phosphoric acid groups is 2. The van der Waals surface area contributed by atoms with Crippen LogP contribution in [0.3, 0.4) is 0 Å². The molecule has 10 nitrogen and oxygen atoms in total. The molecule has 0 aliphatic carbocycles. The van der Waals surface area contributed by atoms with Crippen molar-refractivity contribution in [2.24, 2.45) is 0 Å². The predicted octanol–water partition coefficient (Wildman–Crippen LogP) is 7.96. The standard InChI is InChI=1S/2C17H38NO4P/c1-5-6-7-8-9-10-11-12-13-14-16-21-23(19,20)22-17-15-18(2,3)4;1-5-6-7-8-9-10-11-12-13-14-15-17(16-18(2,3)4)22-23(19,20)21/h5-17H2,1-4H3;17H,5-16H2,1-4H3,(H-,19,20,21). The zero-order chi connectivity index (χ0) is 35.4. The summed E-state index contributed by atoms with van der Waals surface area (Å²) in [5.41, 5.74) is 0. The summed E-state index contributed by atoms with van der Waals surface area (Å²) >= 11 is 0. The number of rotatable bonds is 31. The van der Waals surface area contributed by atoms with Gasteiger partial charge in [-0.3, -0.25) is 9.13 Å². The molecule has 0 saturated carbocycles. The van der Waals surface area contributed by atoms with Crippen molar-refractivity contribution in [1.82, 2.24) is 0 Å². The van der Waals surface area contributed by atoms with Crippen molar-refractivity contribution >= 4 is 15.6 Å². The molecule has 46 heavy (non-hydrogen) atoms. The van der Waals surface area contributed by atoms with Gasteiger partial charge in [0.05, 0.1) is 48.9 Å². The Kier molecular flexibility index (Phi) is 30.3. The average Bonchev–Trinajstić information content (AvgIpc) is 2.90. The van der Waals surface area contributed by atoms with E-state index in [1.807, 2.05) is 42.3 Å². The molecular weight excluding hydrogens is 626 g/mol. The Hall–Kier alpha value is 0.140. The molecule has 3 atom stereocenters. The Morgan fingerprint density at radius 3 is 1.30 bits per heavy atom. The SMILES string of the molecule is CCCCCCCCCCCCC(C[N+](C)(C)C)OP(=O)([O-])O.CCCCCCCCCCCCOP(=O)([O-])OCC[N+](C)(C)C. The molecule has 0 amide bonds. The van der Waals surface area contributed by atoms with Crippen LogP contribution in [0.4, 0.5) is 0 Å². The smallest absolute Gasteiger partial charge is 0.268 e. The minimum Gasteiger partial charge on any atom is -0.756 e. The van der Waals surface area contributed by atoms with Gasteiger partial charge < -0.3 is 37.2 Å². The first-order valence-corrected chi connectivity index (χ1v) is 21.3. The lowest BCUT2D eigenvalue weighted by Gasteiger charge is -2.31. The Balaban J connectivity index is 0. The summed E-state index contributed by atoms with van der Waals surface area (Å²) in [6, 6.07) is 0. The van der Waals surface area contributed by atoms with Crippen molar-refractivity contribution in [2.75, 3.05) is 68.6 Å². The maximum atomic E-state index is 11.6. The van der Waals surface area contributed by atoms with Crippen molar-refractivity contribution in [3.63, 3.8) is 0 Å². The van der Waals surface area contributed by atoms with Gasteiger partial charge in [-0.15, -0.1) is 0 Å². The molecule has 0 aliphatic rings. The monoisotopic (exact) mass is 703 g/mol. The number of quaternary nitrogens is 2. The van der Waals surface area contributed by atoms with Crippen LogP contribution >= 0.6 is 15.6 Å². The first-order chi connectivity index (χ1) is 21.4. The third-order valence-corrected chi connectivity index (χ3v) is 9.23. The second-order valence-electron chi connectivity index (χ2n) is 14.9. The van der Waals surface area contributed by atoms with E-state index in [1.54, 1.807) is 0 Å². The molecule has 3 unspecified atom stereocenters. The van der Waals surface area contributed by atoms with Gasteiger partial charge in [0, 0.05) is 0 Å². The van der Waals surface area contributed by atoms with Crippen LogP contribution in [0, 0.1) is 0 Å². The highest BCUT2D eigenvalue weighted by Crippen LogP contribution is 2.38. The van der Waals surface area contributed by atoms with Gasteiger partial charge in [0.15, 0.2) is 0 Å². The van der Waals surface area contributed by atoms with E-state index in [9.17, 15) is 18.9 Å². The van der Waals surface area contributed by atoms with Crippen molar-refractivity contribution in [2.45, 2.75) is 155 Å². The Bertz CT molecular complexity index is 769. The van der Waals surface area contributed by atoms with Gasteiger partial charge in [-0.2, -0.15) is 0 Å². The minimum atomic E-state index is -4.65. The summed E-state index contributed by atoms with van der Waals surface area (Å²) in [5.74, 6) is 0. The summed E-state index contributed by atoms with van der Waals surface area (Å²) in [4.78, 5) is 31.4. The van der Waals surface area contributed by atoms with E-state index in [2.05, 4.69) is 13.8 Å². The maximum absolute atomic E-state index is 11.6. The van der Waals surface area contributed by atoms with Crippen molar-refractivity contribution in [1.29, 1.82) is 0 Å². The fourth-order valence-corrected chi connectivity index (χ4v) is 6.35. The molecule has 280 valence electrons. The first-order valence-electron chi connectivity index (χ1n) is 18.3. The van der Waals surface area contributed by atoms with Crippen LogP contribution in [0.15, 0.2) is 0 Å². The van der Waals surface area contributed by atoms with Gasteiger partial charge in [-0.25, -0.2) is 0 Å². The van der Waals surface area contributed by atoms with E-state index in [0.717, 1.165) is 32.1 Å². The van der Waals surface area contributed by atoms with Gasteiger partial charge in [0.25, 0.3) is 15.6 Å². The number of unbranched alkanes of at least 4 members (excludes halogenated alkanes) is 18. The van der Waals surface area contributed by atoms with E-state index < -0.39 is 21.7 Å². The van der Waals surface area contributed by atoms with Gasteiger partial charge in [-0.1, -0.05) is 136 Å². The normalized spacial score (nSPS) is 15.5. The quantitative estimate of drug-likeness (QED) is 0.0438. The van der Waals surface area contributed by atoms with Crippen molar-refractivity contribution in [3.8, 4) is 0 Å². The second kappa shape index (κ2) is 28.9. The van der Waals surface area contributed by atoms with E-state index in [1.165, 1.54) is 96.3 Å². The van der Waals surface area contributed by atoms with Crippen LogP contribution in [-0.4, -0.2) is 88.6 Å². The summed E-state index contributed by atoms with van der Waals surface area (Å²) in [6.07, 6.45) is 24.9. The van der Waals surface area contributed by atoms with Gasteiger partial charge in [-0.05, 0) is 12.8 Å². The second-order valence-corrected chi connectivity index (χ2v) is 17.5. The molecule has 0 rings (SSSR count). The topological polar surface area (TPSA) is 128 Å². The average molecular weight is 703 g/mol. The molecule has 0 spiro atoms. The van der Waals surface area contributed by atoms with Crippen LogP contribution in [0.5, 0.6) is 0 Å². The highest BCUT2D eigenvalue weighted by molar-refractivity contribution is 7.45. The molecule has 0 fully saturated rings. The zero-order valence-electron chi connectivity index (χ0n) is 31.3. The number of hydrogen-bond donors (Lipinski definition) is 1. The third-order valence-electron chi connectivity index (χ3n) is 7.67. The van der Waals surface area contributed by atoms with Gasteiger partial charge in [0.2, 0.25) is 0 Å². The predicted molar refractivity (Wildman–Crippen MR) is 188 cm³/mol. The summed E-state index contributed by atoms with van der Waals surface area (Å²) in [5, 5.41) is 0. The molecule has 0 heterocycles. The van der Waals surface area contributed by atoms with Crippen molar-refractivity contribution < 1.29 is 46.3 Å². The maximum Gasteiger partial charge on any atom is 0.268 e. The van der Waals surface area contributed by atoms with Crippen LogP contribution in [-0.2, 0) is 22.7 Å². The summed E-state index contributed by atoms with van der Waals surface area (Å²) in [7, 11) is 3.17. The van der Waals surface area contributed by atoms with Crippen molar-refractivity contribution in [3.05, 3.63) is 0 Å². The number of phosphoric ester groups is 2. The van der Waals surface area contributed by atoms with E-state index in [0.29, 0.717) is 28.5 Å². The Labute approximate surface area is 285 Å². The van der Waals surface area contributed by atoms with E-state index in [4.69, 9.17) is 18.5 Å². The lowest BCUT2D eigenvalue weighted by Crippen LogP contribution is -2.42. The molecule has 0 radical (unpaired) electrons. The molecule has 0 bridgehead atoms. The number of nitrogens with zero attached hydrogens (tertiary/aromatic N) is 2. The molecule has 0 aromatic heterocycles. The molecule has 0 aliphatic heterocycles. The summed E-state index contributed by atoms with van der Waals surface area (Å²) in [6.45, 7) is 6.08. The molecule has 0 aromatic carbocycles. The van der Waals surface area contributed by atoms with Gasteiger partial charge in [0.1, 0.15) is 25.8 Å². The van der Waals surface area contributed by atoms with Crippen LogP contribution in [0.1, 0.15) is 149 Å². The minimum absolute atomic E-state index is 0.169. The number of hydrogen-bond acceptors (Lipinski definition) is 7. The highest BCUT2D eigenvalue weighted by Gasteiger charge is 2.22. The molecule has 0 aromatic rings. The lowest BCUT2D eigenvalue weighted by atomic mass is 10.0. The van der Waals surface area contributed by atoms with E-state index in [-0.39, 0.29) is 13.2 Å². The highest BCUT2D eigenvalue weighted by atomic mass is 31.2. The fraction of sp³-hybridized carbons (Fsp3) is 1.00. The fourth-order valence-electron chi connectivity index (χ4n) is 5.07.